The van der Waals surface area contributed by atoms with E-state index in [1.54, 1.807) is 6.92 Å². The Morgan fingerprint density at radius 1 is 1.31 bits per heavy atom. The molecule has 0 spiro atoms. The Morgan fingerprint density at radius 3 is 2.38 bits per heavy atom. The molecule has 0 aliphatic rings. The van der Waals surface area contributed by atoms with Crippen LogP contribution in [0.2, 0.25) is 0 Å². The molecule has 0 aromatic heterocycles. The van der Waals surface area contributed by atoms with E-state index in [0.29, 0.717) is 5.75 Å². The summed E-state index contributed by atoms with van der Waals surface area (Å²) in [4.78, 5) is 0.833. The van der Waals surface area contributed by atoms with Gasteiger partial charge in [-0.2, -0.15) is 0 Å². The van der Waals surface area contributed by atoms with Crippen LogP contribution in [0.1, 0.15) is 13.8 Å². The molecule has 0 aliphatic carbocycles. The van der Waals surface area contributed by atoms with Gasteiger partial charge >= 0.3 is 0 Å². The van der Waals surface area contributed by atoms with Crippen LogP contribution in [0.25, 0.3) is 0 Å². The second-order valence-corrected chi connectivity index (χ2v) is 6.54. The van der Waals surface area contributed by atoms with E-state index in [0.717, 1.165) is 4.90 Å². The number of rotatable bonds is 5. The summed E-state index contributed by atoms with van der Waals surface area (Å²) < 4.78 is 12.0. The highest BCUT2D eigenvalue weighted by Crippen LogP contribution is 2.19. The Balaban J connectivity index is 2.59. The molecule has 1 aromatic rings. The molecule has 0 aliphatic heterocycles. The van der Waals surface area contributed by atoms with Crippen LogP contribution in [0.4, 0.5) is 0 Å². The van der Waals surface area contributed by atoms with Crippen molar-refractivity contribution in [1.82, 2.24) is 0 Å². The summed E-state index contributed by atoms with van der Waals surface area (Å²) in [5.74, 6) is 0.728. The van der Waals surface area contributed by atoms with Crippen molar-refractivity contribution in [3.63, 3.8) is 0 Å². The second-order valence-electron chi connectivity index (χ2n) is 3.99. The summed E-state index contributed by atoms with van der Waals surface area (Å²) in [6.45, 7) is 3.73. The van der Waals surface area contributed by atoms with E-state index in [1.807, 2.05) is 37.3 Å². The normalized spacial score (nSPS) is 18.8. The van der Waals surface area contributed by atoms with Gasteiger partial charge in [-0.1, -0.05) is 41.1 Å². The number of hydrogen-bond donors (Lipinski definition) is 1. The highest BCUT2D eigenvalue weighted by Gasteiger charge is 2.21. The maximum Gasteiger partial charge on any atom is 0.0639 e. The third kappa shape index (κ3) is 4.00. The van der Waals surface area contributed by atoms with E-state index in [9.17, 15) is 9.32 Å². The number of benzene rings is 1. The molecule has 4 heteroatoms. The molecule has 16 heavy (non-hydrogen) atoms. The van der Waals surface area contributed by atoms with Crippen LogP contribution in [-0.2, 0) is 10.8 Å². The first-order valence-electron chi connectivity index (χ1n) is 5.28. The van der Waals surface area contributed by atoms with Gasteiger partial charge in [0.15, 0.2) is 0 Å². The summed E-state index contributed by atoms with van der Waals surface area (Å²) in [6, 6.07) is 9.42. The van der Waals surface area contributed by atoms with Crippen molar-refractivity contribution in [2.75, 3.05) is 5.75 Å². The molecule has 1 N–H and O–H groups in total. The second kappa shape index (κ2) is 6.52. The Kier molecular flexibility index (Phi) is 5.66. The van der Waals surface area contributed by atoms with Crippen molar-refractivity contribution in [2.45, 2.75) is 29.7 Å². The van der Waals surface area contributed by atoms with Gasteiger partial charge in [0.25, 0.3) is 0 Å². The Morgan fingerprint density at radius 2 is 1.88 bits per heavy atom. The summed E-state index contributed by atoms with van der Waals surface area (Å²) in [5.41, 5.74) is 0. The first-order valence-corrected chi connectivity index (χ1v) is 7.51. The molecule has 2 nitrogen and oxygen atoms in total. The largest absolute Gasteiger partial charge is 0.392 e. The third-order valence-corrected chi connectivity index (χ3v) is 5.72. The molecule has 0 radical (unpaired) electrons. The molecule has 0 fully saturated rings. The van der Waals surface area contributed by atoms with Crippen molar-refractivity contribution in [3.8, 4) is 0 Å². The zero-order valence-electron chi connectivity index (χ0n) is 9.47. The van der Waals surface area contributed by atoms with Gasteiger partial charge in [-0.05, 0) is 25.0 Å². The Bertz CT molecular complexity index is 340. The zero-order valence-corrected chi connectivity index (χ0v) is 11.9. The van der Waals surface area contributed by atoms with Crippen molar-refractivity contribution in [1.29, 1.82) is 0 Å². The molecule has 0 amide bonds. The molecule has 0 bridgehead atoms. The zero-order chi connectivity index (χ0) is 12.1. The van der Waals surface area contributed by atoms with Crippen LogP contribution < -0.4 is 0 Å². The predicted molar refractivity (Wildman–Crippen MR) is 71.3 cm³/mol. The smallest absolute Gasteiger partial charge is 0.0639 e. The lowest BCUT2D eigenvalue weighted by Crippen LogP contribution is -2.27. The van der Waals surface area contributed by atoms with E-state index in [-0.39, 0.29) is 10.7 Å². The summed E-state index contributed by atoms with van der Waals surface area (Å²) >= 11 is 3.42. The summed E-state index contributed by atoms with van der Waals surface area (Å²) in [6.07, 6.45) is -0.428. The van der Waals surface area contributed by atoms with Gasteiger partial charge in [0.1, 0.15) is 0 Å². The highest BCUT2D eigenvalue weighted by molar-refractivity contribution is 9.09. The standard InChI is InChI=1S/C12H17BrO2S/c1-9(12(13)10(2)14)8-16(15)11-6-4-3-5-7-11/h3-7,9-10,12,14H,8H2,1-2H3/t9-,10+,12+,16+/m1/s1. The lowest BCUT2D eigenvalue weighted by atomic mass is 10.1. The molecule has 90 valence electrons. The van der Waals surface area contributed by atoms with Crippen LogP contribution in [-0.4, -0.2) is 26.0 Å². The molecule has 0 unspecified atom stereocenters. The van der Waals surface area contributed by atoms with Gasteiger partial charge in [0.05, 0.1) is 16.9 Å². The van der Waals surface area contributed by atoms with Crippen molar-refractivity contribution in [2.24, 2.45) is 5.92 Å². The van der Waals surface area contributed by atoms with Gasteiger partial charge in [0.2, 0.25) is 0 Å². The topological polar surface area (TPSA) is 37.3 Å². The monoisotopic (exact) mass is 304 g/mol. The SMILES string of the molecule is C[C@H](O)[C@@H](Br)[C@H](C)C[S@](=O)c1ccccc1. The number of halogens is 1. The van der Waals surface area contributed by atoms with Gasteiger partial charge in [-0.3, -0.25) is 4.21 Å². The number of aliphatic hydroxyl groups excluding tert-OH is 1. The molecule has 4 atom stereocenters. The maximum atomic E-state index is 12.0. The number of aliphatic hydroxyl groups is 1. The van der Waals surface area contributed by atoms with Gasteiger partial charge in [-0.25, -0.2) is 0 Å². The van der Waals surface area contributed by atoms with Crippen molar-refractivity contribution < 1.29 is 9.32 Å². The number of alkyl halides is 1. The fraction of sp³-hybridized carbons (Fsp3) is 0.500. The van der Waals surface area contributed by atoms with Crippen LogP contribution in [0.15, 0.2) is 35.2 Å². The Hall–Kier alpha value is -0.190. The van der Waals surface area contributed by atoms with Crippen LogP contribution in [0.5, 0.6) is 0 Å². The van der Waals surface area contributed by atoms with Crippen LogP contribution >= 0.6 is 15.9 Å². The lowest BCUT2D eigenvalue weighted by molar-refractivity contribution is 0.178. The summed E-state index contributed by atoms with van der Waals surface area (Å²) in [5, 5.41) is 9.43. The first kappa shape index (κ1) is 13.9. The molecule has 0 saturated heterocycles. The molecule has 0 saturated carbocycles. The minimum absolute atomic E-state index is 0.0137. The summed E-state index contributed by atoms with van der Waals surface area (Å²) in [7, 11) is -0.992. The molecule has 1 rings (SSSR count). The maximum absolute atomic E-state index is 12.0. The van der Waals surface area contributed by atoms with Crippen LogP contribution in [0.3, 0.4) is 0 Å². The highest BCUT2D eigenvalue weighted by atomic mass is 79.9. The minimum Gasteiger partial charge on any atom is -0.392 e. The van der Waals surface area contributed by atoms with E-state index < -0.39 is 16.9 Å². The molecule has 1 aromatic carbocycles. The average molecular weight is 305 g/mol. The predicted octanol–water partition coefficient (Wildman–Crippen LogP) is 2.57. The van der Waals surface area contributed by atoms with Crippen molar-refractivity contribution in [3.05, 3.63) is 30.3 Å². The third-order valence-electron chi connectivity index (χ3n) is 2.42. The van der Waals surface area contributed by atoms with E-state index in [1.165, 1.54) is 0 Å². The van der Waals surface area contributed by atoms with E-state index >= 15 is 0 Å². The van der Waals surface area contributed by atoms with Crippen LogP contribution in [0, 0.1) is 5.92 Å². The number of hydrogen-bond acceptors (Lipinski definition) is 2. The average Bonchev–Trinajstić information content (AvgIpc) is 2.28. The van der Waals surface area contributed by atoms with Crippen molar-refractivity contribution >= 4 is 26.7 Å². The lowest BCUT2D eigenvalue weighted by Gasteiger charge is -2.20. The van der Waals surface area contributed by atoms with Gasteiger partial charge in [-0.15, -0.1) is 0 Å². The molecular formula is C12H17BrO2S. The van der Waals surface area contributed by atoms with E-state index in [2.05, 4.69) is 15.9 Å². The quantitative estimate of drug-likeness (QED) is 0.849. The molecule has 0 heterocycles. The van der Waals surface area contributed by atoms with Gasteiger partial charge < -0.3 is 5.11 Å². The first-order chi connectivity index (χ1) is 7.52. The fourth-order valence-corrected chi connectivity index (χ4v) is 3.25. The Labute approximate surface area is 108 Å². The van der Waals surface area contributed by atoms with Gasteiger partial charge in [0, 0.05) is 15.5 Å². The molecular weight excluding hydrogens is 288 g/mol. The van der Waals surface area contributed by atoms with E-state index in [4.69, 9.17) is 0 Å². The fourth-order valence-electron chi connectivity index (χ4n) is 1.47. The minimum atomic E-state index is -0.992.